The maximum absolute atomic E-state index is 11.7. The predicted molar refractivity (Wildman–Crippen MR) is 78.8 cm³/mol. The number of hydrogen-bond acceptors (Lipinski definition) is 3. The summed E-state index contributed by atoms with van der Waals surface area (Å²) in [7, 11) is 1.57. The zero-order chi connectivity index (χ0) is 15.0. The van der Waals surface area contributed by atoms with Gasteiger partial charge in [-0.3, -0.25) is 9.59 Å². The van der Waals surface area contributed by atoms with Crippen molar-refractivity contribution in [1.29, 1.82) is 0 Å². The topological polar surface area (TPSA) is 58.6 Å². The van der Waals surface area contributed by atoms with Gasteiger partial charge < -0.3 is 15.0 Å². The number of rotatable bonds is 7. The van der Waals surface area contributed by atoms with Gasteiger partial charge >= 0.3 is 0 Å². The molecular formula is C15H20N2O3. The first-order chi connectivity index (χ1) is 9.58. The summed E-state index contributed by atoms with van der Waals surface area (Å²) in [4.78, 5) is 24.8. The zero-order valence-corrected chi connectivity index (χ0v) is 11.9. The summed E-state index contributed by atoms with van der Waals surface area (Å²) in [6, 6.07) is 7.19. The molecule has 0 unspecified atom stereocenters. The first-order valence-electron chi connectivity index (χ1n) is 6.38. The minimum absolute atomic E-state index is 0.112. The lowest BCUT2D eigenvalue weighted by atomic mass is 10.2. The van der Waals surface area contributed by atoms with Gasteiger partial charge in [-0.15, -0.1) is 6.58 Å². The van der Waals surface area contributed by atoms with Gasteiger partial charge in [-0.05, 0) is 12.1 Å². The smallest absolute Gasteiger partial charge is 0.223 e. The molecule has 0 aliphatic heterocycles. The first kappa shape index (κ1) is 15.8. The molecule has 0 saturated carbocycles. The highest BCUT2D eigenvalue weighted by atomic mass is 16.5. The van der Waals surface area contributed by atoms with Crippen molar-refractivity contribution < 1.29 is 14.3 Å². The van der Waals surface area contributed by atoms with Gasteiger partial charge in [0.1, 0.15) is 5.75 Å². The Bertz CT molecular complexity index is 486. The van der Waals surface area contributed by atoms with Crippen molar-refractivity contribution in [1.82, 2.24) is 5.32 Å². The van der Waals surface area contributed by atoms with Crippen molar-refractivity contribution >= 4 is 17.5 Å². The van der Waals surface area contributed by atoms with Gasteiger partial charge in [0.2, 0.25) is 11.8 Å². The molecule has 2 amide bonds. The van der Waals surface area contributed by atoms with Crippen LogP contribution in [0.15, 0.2) is 36.9 Å². The number of amides is 2. The van der Waals surface area contributed by atoms with E-state index < -0.39 is 0 Å². The molecule has 1 aromatic carbocycles. The van der Waals surface area contributed by atoms with Crippen molar-refractivity contribution in [2.45, 2.75) is 13.3 Å². The molecule has 0 bridgehead atoms. The fraction of sp³-hybridized carbons (Fsp3) is 0.333. The molecule has 5 heteroatoms. The van der Waals surface area contributed by atoms with Crippen molar-refractivity contribution in [3.8, 4) is 5.75 Å². The lowest BCUT2D eigenvalue weighted by Crippen LogP contribution is -2.33. The Kier molecular flexibility index (Phi) is 6.29. The molecule has 0 fully saturated rings. The third kappa shape index (κ3) is 4.76. The molecule has 0 atom stereocenters. The van der Waals surface area contributed by atoms with E-state index in [4.69, 9.17) is 4.74 Å². The predicted octanol–water partition coefficient (Wildman–Crippen LogP) is 1.74. The zero-order valence-electron chi connectivity index (χ0n) is 11.9. The van der Waals surface area contributed by atoms with Crippen molar-refractivity contribution in [3.63, 3.8) is 0 Å². The number of nitrogens with one attached hydrogen (secondary N) is 1. The highest BCUT2D eigenvalue weighted by molar-refractivity contribution is 5.92. The van der Waals surface area contributed by atoms with E-state index in [1.165, 1.54) is 6.92 Å². The number of carbonyl (C=O) groups excluding carboxylic acids is 2. The van der Waals surface area contributed by atoms with Gasteiger partial charge in [0, 0.05) is 38.2 Å². The van der Waals surface area contributed by atoms with Crippen LogP contribution in [-0.2, 0) is 9.59 Å². The maximum Gasteiger partial charge on any atom is 0.223 e. The molecule has 0 spiro atoms. The summed E-state index contributed by atoms with van der Waals surface area (Å²) in [6.07, 6.45) is 1.85. The molecule has 0 aromatic heterocycles. The highest BCUT2D eigenvalue weighted by Gasteiger charge is 2.13. The van der Waals surface area contributed by atoms with Gasteiger partial charge in [-0.2, -0.15) is 0 Å². The Morgan fingerprint density at radius 3 is 2.80 bits per heavy atom. The number of ether oxygens (including phenoxy) is 1. The maximum atomic E-state index is 11.7. The number of hydrogen-bond donors (Lipinski definition) is 1. The lowest BCUT2D eigenvalue weighted by Gasteiger charge is -2.21. The van der Waals surface area contributed by atoms with Crippen LogP contribution in [0, 0.1) is 0 Å². The third-order valence-electron chi connectivity index (χ3n) is 2.75. The van der Waals surface area contributed by atoms with Crippen LogP contribution in [0.1, 0.15) is 13.3 Å². The minimum atomic E-state index is -0.116. The number of methoxy groups -OCH3 is 1. The van der Waals surface area contributed by atoms with E-state index in [-0.39, 0.29) is 18.2 Å². The molecule has 0 aliphatic carbocycles. The normalized spacial score (nSPS) is 9.70. The summed E-state index contributed by atoms with van der Waals surface area (Å²) in [5.41, 5.74) is 0.716. The van der Waals surface area contributed by atoms with Crippen LogP contribution in [0.25, 0.3) is 0 Å². The Hall–Kier alpha value is -2.30. The lowest BCUT2D eigenvalue weighted by molar-refractivity contribution is -0.120. The third-order valence-corrected chi connectivity index (χ3v) is 2.75. The molecule has 0 radical (unpaired) electrons. The second-order valence-corrected chi connectivity index (χ2v) is 4.21. The van der Waals surface area contributed by atoms with Crippen LogP contribution < -0.4 is 15.0 Å². The fourth-order valence-corrected chi connectivity index (χ4v) is 1.73. The molecule has 0 saturated heterocycles. The Balaban J connectivity index is 2.71. The van der Waals surface area contributed by atoms with E-state index in [2.05, 4.69) is 11.9 Å². The van der Waals surface area contributed by atoms with Crippen molar-refractivity contribution in [3.05, 3.63) is 36.9 Å². The van der Waals surface area contributed by atoms with Crippen LogP contribution >= 0.6 is 0 Å². The van der Waals surface area contributed by atoms with Crippen molar-refractivity contribution in [2.24, 2.45) is 0 Å². The monoisotopic (exact) mass is 276 g/mol. The van der Waals surface area contributed by atoms with E-state index in [0.29, 0.717) is 24.5 Å². The summed E-state index contributed by atoms with van der Waals surface area (Å²) in [6.45, 7) is 5.76. The number of nitrogens with zero attached hydrogens (tertiary/aromatic N) is 1. The first-order valence-corrected chi connectivity index (χ1v) is 6.38. The Morgan fingerprint density at radius 1 is 1.45 bits per heavy atom. The van der Waals surface area contributed by atoms with E-state index in [9.17, 15) is 9.59 Å². The van der Waals surface area contributed by atoms with E-state index in [1.54, 1.807) is 30.2 Å². The van der Waals surface area contributed by atoms with E-state index in [0.717, 1.165) is 0 Å². The van der Waals surface area contributed by atoms with Crippen LogP contribution in [0.5, 0.6) is 5.75 Å². The van der Waals surface area contributed by atoms with Crippen molar-refractivity contribution in [2.75, 3.05) is 25.1 Å². The van der Waals surface area contributed by atoms with Crippen LogP contribution in [0.3, 0.4) is 0 Å². The average Bonchev–Trinajstić information content (AvgIpc) is 2.45. The quantitative estimate of drug-likeness (QED) is 0.772. The molecule has 5 nitrogen and oxygen atoms in total. The molecule has 1 aromatic rings. The van der Waals surface area contributed by atoms with Gasteiger partial charge in [-0.25, -0.2) is 0 Å². The van der Waals surface area contributed by atoms with Gasteiger partial charge in [0.05, 0.1) is 7.11 Å². The standard InChI is InChI=1S/C15H20N2O3/c1-4-9-16-15(19)8-10-17(12(2)18)13-6-5-7-14(11-13)20-3/h4-7,11H,1,8-10H2,2-3H3,(H,16,19). The molecule has 1 rings (SSSR count). The summed E-state index contributed by atoms with van der Waals surface area (Å²) < 4.78 is 5.14. The molecule has 1 N–H and O–H groups in total. The van der Waals surface area contributed by atoms with E-state index >= 15 is 0 Å². The summed E-state index contributed by atoms with van der Waals surface area (Å²) >= 11 is 0. The average molecular weight is 276 g/mol. The molecular weight excluding hydrogens is 256 g/mol. The largest absolute Gasteiger partial charge is 0.497 e. The van der Waals surface area contributed by atoms with Gasteiger partial charge in [0.25, 0.3) is 0 Å². The molecule has 108 valence electrons. The Labute approximate surface area is 119 Å². The van der Waals surface area contributed by atoms with Crippen LogP contribution in [0.4, 0.5) is 5.69 Å². The fourth-order valence-electron chi connectivity index (χ4n) is 1.73. The highest BCUT2D eigenvalue weighted by Crippen LogP contribution is 2.21. The molecule has 0 heterocycles. The molecule has 20 heavy (non-hydrogen) atoms. The van der Waals surface area contributed by atoms with Crippen LogP contribution in [-0.4, -0.2) is 32.0 Å². The number of carbonyl (C=O) groups is 2. The summed E-state index contributed by atoms with van der Waals surface area (Å²) in [5, 5.41) is 2.68. The number of anilines is 1. The minimum Gasteiger partial charge on any atom is -0.497 e. The molecule has 0 aliphatic rings. The van der Waals surface area contributed by atoms with Crippen LogP contribution in [0.2, 0.25) is 0 Å². The second-order valence-electron chi connectivity index (χ2n) is 4.21. The second kappa shape index (κ2) is 7.99. The Morgan fingerprint density at radius 2 is 2.20 bits per heavy atom. The SMILES string of the molecule is C=CCNC(=O)CCN(C(C)=O)c1cccc(OC)c1. The van der Waals surface area contributed by atoms with Gasteiger partial charge in [-0.1, -0.05) is 12.1 Å². The van der Waals surface area contributed by atoms with Gasteiger partial charge in [0.15, 0.2) is 0 Å². The van der Waals surface area contributed by atoms with E-state index in [1.807, 2.05) is 12.1 Å². The summed E-state index contributed by atoms with van der Waals surface area (Å²) in [5.74, 6) is 0.443. The number of benzene rings is 1.